The van der Waals surface area contributed by atoms with Gasteiger partial charge in [-0.3, -0.25) is 4.79 Å². The summed E-state index contributed by atoms with van der Waals surface area (Å²) in [4.78, 5) is 12.2. The van der Waals surface area contributed by atoms with Gasteiger partial charge in [0, 0.05) is 12.2 Å². The Labute approximate surface area is 93.5 Å². The highest BCUT2D eigenvalue weighted by atomic mass is 32.2. The molecule has 1 aromatic carbocycles. The van der Waals surface area contributed by atoms with Crippen molar-refractivity contribution in [2.24, 2.45) is 5.92 Å². The molecule has 0 saturated carbocycles. The van der Waals surface area contributed by atoms with Gasteiger partial charge in [-0.1, -0.05) is 18.2 Å². The van der Waals surface area contributed by atoms with Crippen LogP contribution >= 0.6 is 0 Å². The lowest BCUT2D eigenvalue weighted by Crippen LogP contribution is -2.56. The van der Waals surface area contributed by atoms with E-state index in [0.29, 0.717) is 5.69 Å². The molecular weight excluding hydrogens is 230 g/mol. The highest BCUT2D eigenvalue weighted by Gasteiger charge is 2.41. The Morgan fingerprint density at radius 2 is 1.94 bits per heavy atom. The van der Waals surface area contributed by atoms with Gasteiger partial charge in [0.05, 0.1) is 0 Å². The molecule has 0 amide bonds. The molecule has 1 fully saturated rings. The van der Waals surface area contributed by atoms with Crippen LogP contribution in [-0.2, 0) is 15.1 Å². The number of hydrogen-bond acceptors (Lipinski definition) is 3. The van der Waals surface area contributed by atoms with Crippen molar-refractivity contribution in [2.45, 2.75) is 0 Å². The maximum Gasteiger partial charge on any atom is 0.315 e. The van der Waals surface area contributed by atoms with Gasteiger partial charge in [0.25, 0.3) is 0 Å². The van der Waals surface area contributed by atoms with Crippen molar-refractivity contribution in [3.63, 3.8) is 0 Å². The zero-order valence-corrected chi connectivity index (χ0v) is 9.02. The molecule has 0 bridgehead atoms. The molecule has 16 heavy (non-hydrogen) atoms. The van der Waals surface area contributed by atoms with Crippen LogP contribution in [0.4, 0.5) is 5.69 Å². The minimum atomic E-state index is -2.49. The summed E-state index contributed by atoms with van der Waals surface area (Å²) in [6.45, 7) is 0.197. The largest absolute Gasteiger partial charge is 0.481 e. The molecule has 0 aromatic heterocycles. The number of nitrogens with zero attached hydrogens (tertiary/aromatic N) is 1. The number of carbonyl (C=O) groups is 1. The summed E-state index contributed by atoms with van der Waals surface area (Å²) in [5.41, 5.74) is 0.694. The van der Waals surface area contributed by atoms with Gasteiger partial charge in [-0.25, -0.2) is 0 Å². The first-order valence-electron chi connectivity index (χ1n) is 4.62. The Balaban J connectivity index is 2.36. The van der Waals surface area contributed by atoms with Crippen molar-refractivity contribution in [3.05, 3.63) is 30.3 Å². The maximum atomic E-state index is 10.9. The van der Waals surface area contributed by atoms with Gasteiger partial charge in [0.1, 0.15) is 5.92 Å². The van der Waals surface area contributed by atoms with E-state index in [0.717, 1.165) is 0 Å². The summed E-state index contributed by atoms with van der Waals surface area (Å²) < 4.78 is 21.9. The zero-order valence-electron chi connectivity index (χ0n) is 8.20. The first-order chi connectivity index (χ1) is 7.61. The molecule has 2 rings (SSSR count). The lowest BCUT2D eigenvalue weighted by atomic mass is 9.99. The van der Waals surface area contributed by atoms with E-state index in [-0.39, 0.29) is 11.5 Å². The third-order valence-corrected chi connectivity index (χ3v) is 3.31. The fourth-order valence-corrected chi connectivity index (χ4v) is 2.42. The fraction of sp³-hybridized carbons (Fsp3) is 0.200. The molecule has 0 aliphatic carbocycles. The number of aliphatic carboxylic acids is 1. The average molecular weight is 239 g/mol. The molecule has 1 heterocycles. The predicted molar refractivity (Wildman–Crippen MR) is 58.8 cm³/mol. The monoisotopic (exact) mass is 239 g/mol. The van der Waals surface area contributed by atoms with Gasteiger partial charge in [-0.05, 0) is 12.1 Å². The van der Waals surface area contributed by atoms with E-state index < -0.39 is 22.2 Å². The third-order valence-electron chi connectivity index (χ3n) is 2.47. The van der Waals surface area contributed by atoms with Gasteiger partial charge in [-0.15, -0.1) is 0 Å². The van der Waals surface area contributed by atoms with Crippen LogP contribution in [0.5, 0.6) is 0 Å². The zero-order chi connectivity index (χ0) is 11.7. The van der Waals surface area contributed by atoms with Crippen molar-refractivity contribution >= 4 is 26.9 Å². The molecule has 1 atom stereocenters. The Bertz CT molecular complexity index is 541. The summed E-state index contributed by atoms with van der Waals surface area (Å²) in [6.07, 6.45) is 0. The summed E-state index contributed by atoms with van der Waals surface area (Å²) in [7, 11) is -2.49. The molecule has 6 heteroatoms. The summed E-state index contributed by atoms with van der Waals surface area (Å²) >= 11 is 0. The third kappa shape index (κ3) is 1.67. The highest BCUT2D eigenvalue weighted by molar-refractivity contribution is 7.73. The molecular formula is C10H9NO4S. The van der Waals surface area contributed by atoms with Gasteiger partial charge in [0.2, 0.25) is 10.3 Å². The van der Waals surface area contributed by atoms with Gasteiger partial charge in [0.15, 0.2) is 4.99 Å². The smallest absolute Gasteiger partial charge is 0.315 e. The number of hydrogen-bond donors (Lipinski definition) is 1. The van der Waals surface area contributed by atoms with Crippen molar-refractivity contribution in [1.82, 2.24) is 0 Å². The molecule has 1 aliphatic rings. The van der Waals surface area contributed by atoms with E-state index in [1.165, 1.54) is 4.90 Å². The van der Waals surface area contributed by atoms with Crippen molar-refractivity contribution in [3.8, 4) is 0 Å². The molecule has 0 radical (unpaired) electrons. The van der Waals surface area contributed by atoms with Crippen molar-refractivity contribution in [2.75, 3.05) is 11.4 Å². The van der Waals surface area contributed by atoms with Crippen LogP contribution < -0.4 is 4.90 Å². The summed E-state index contributed by atoms with van der Waals surface area (Å²) in [5.74, 6) is -2.02. The summed E-state index contributed by atoms with van der Waals surface area (Å²) in [6, 6.07) is 8.84. The first-order valence-corrected chi connectivity index (χ1v) is 5.70. The number of para-hydroxylation sites is 1. The molecule has 1 aromatic rings. The second-order valence-electron chi connectivity index (χ2n) is 3.41. The topological polar surface area (TPSA) is 74.7 Å². The molecule has 1 aliphatic heterocycles. The Morgan fingerprint density at radius 3 is 2.44 bits per heavy atom. The normalized spacial score (nSPS) is 19.1. The fourth-order valence-electron chi connectivity index (χ4n) is 1.66. The van der Waals surface area contributed by atoms with Gasteiger partial charge >= 0.3 is 5.97 Å². The summed E-state index contributed by atoms with van der Waals surface area (Å²) in [5, 5.41) is 8.80. The Morgan fingerprint density at radius 1 is 1.31 bits per heavy atom. The lowest BCUT2D eigenvalue weighted by Gasteiger charge is -2.38. The van der Waals surface area contributed by atoms with Gasteiger partial charge < -0.3 is 10.0 Å². The highest BCUT2D eigenvalue weighted by Crippen LogP contribution is 2.26. The number of rotatable bonds is 2. The van der Waals surface area contributed by atoms with Crippen molar-refractivity contribution < 1.29 is 18.3 Å². The predicted octanol–water partition coefficient (Wildman–Crippen LogP) is 0.216. The number of carboxylic acids is 1. The average Bonchev–Trinajstić information content (AvgIpc) is 2.16. The van der Waals surface area contributed by atoms with E-state index in [9.17, 15) is 13.2 Å². The molecule has 1 unspecified atom stereocenters. The minimum Gasteiger partial charge on any atom is -0.481 e. The number of anilines is 1. The van der Waals surface area contributed by atoms with E-state index in [2.05, 4.69) is 0 Å². The molecule has 5 nitrogen and oxygen atoms in total. The number of carboxylic acid groups (broad SMARTS) is 1. The van der Waals surface area contributed by atoms with E-state index in [4.69, 9.17) is 5.11 Å². The van der Waals surface area contributed by atoms with Crippen LogP contribution in [0.25, 0.3) is 0 Å². The second kappa shape index (κ2) is 3.97. The van der Waals surface area contributed by atoms with E-state index >= 15 is 0 Å². The molecule has 1 saturated heterocycles. The quantitative estimate of drug-likeness (QED) is 0.747. The Hall–Kier alpha value is -1.82. The maximum absolute atomic E-state index is 10.9. The molecule has 0 spiro atoms. The van der Waals surface area contributed by atoms with E-state index in [1.54, 1.807) is 24.3 Å². The molecule has 1 N–H and O–H groups in total. The van der Waals surface area contributed by atoms with Crippen LogP contribution in [0.2, 0.25) is 0 Å². The van der Waals surface area contributed by atoms with Crippen molar-refractivity contribution in [1.29, 1.82) is 0 Å². The Kier molecular flexibility index (Phi) is 2.66. The van der Waals surface area contributed by atoms with Gasteiger partial charge in [-0.2, -0.15) is 8.42 Å². The standard InChI is InChI=1S/C10H9NO4S/c12-10(13)8-6-11(9(8)16(14)15)7-4-2-1-3-5-7/h1-5,8H,6H2,(H,12,13). The van der Waals surface area contributed by atoms with Crippen LogP contribution in [0.15, 0.2) is 30.3 Å². The second-order valence-corrected chi connectivity index (χ2v) is 4.30. The van der Waals surface area contributed by atoms with Crippen LogP contribution in [0, 0.1) is 5.92 Å². The SMILES string of the molecule is O=C(O)C1CN(c2ccccc2)C1=S(=O)=O. The van der Waals surface area contributed by atoms with Crippen LogP contribution in [0.1, 0.15) is 0 Å². The van der Waals surface area contributed by atoms with Crippen LogP contribution in [0.3, 0.4) is 0 Å². The molecule has 84 valence electrons. The first kappa shape index (κ1) is 10.7. The van der Waals surface area contributed by atoms with Crippen LogP contribution in [-0.4, -0.2) is 31.0 Å². The number of benzene rings is 1. The van der Waals surface area contributed by atoms with E-state index in [1.807, 2.05) is 6.07 Å². The minimum absolute atomic E-state index is 0.0706. The lowest BCUT2D eigenvalue weighted by molar-refractivity contribution is -0.139.